The van der Waals surface area contributed by atoms with Crippen LogP contribution in [0.25, 0.3) is 0 Å². The van der Waals surface area contributed by atoms with Crippen LogP contribution in [-0.2, 0) is 19.6 Å². The number of benzene rings is 3. The predicted octanol–water partition coefficient (Wildman–Crippen LogP) is 4.21. The van der Waals surface area contributed by atoms with Crippen LogP contribution in [0.2, 0.25) is 5.02 Å². The molecule has 0 aliphatic rings. The summed E-state index contributed by atoms with van der Waals surface area (Å²) < 4.78 is 33.4. The van der Waals surface area contributed by atoms with E-state index < -0.39 is 22.5 Å². The Morgan fingerprint density at radius 2 is 1.64 bits per heavy atom. The molecule has 0 fully saturated rings. The first-order valence-electron chi connectivity index (χ1n) is 12.2. The molecule has 0 aliphatic heterocycles. The molecule has 3 aromatic carbocycles. The van der Waals surface area contributed by atoms with Crippen molar-refractivity contribution in [3.63, 3.8) is 0 Å². The van der Waals surface area contributed by atoms with Crippen molar-refractivity contribution in [3.05, 3.63) is 88.4 Å². The van der Waals surface area contributed by atoms with Crippen molar-refractivity contribution < 1.29 is 22.7 Å². The van der Waals surface area contributed by atoms with Gasteiger partial charge in [-0.1, -0.05) is 17.7 Å². The third-order valence-corrected chi connectivity index (χ3v) is 7.61. The number of anilines is 1. The molecule has 0 saturated heterocycles. The van der Waals surface area contributed by atoms with Crippen molar-refractivity contribution in [1.82, 2.24) is 10.7 Å². The molecule has 2 N–H and O–H groups in total. The second-order valence-corrected chi connectivity index (χ2v) is 11.4. The molecular weight excluding hydrogens is 540 g/mol. The monoisotopic (exact) mass is 570 g/mol. The van der Waals surface area contributed by atoms with E-state index in [-0.39, 0.29) is 23.5 Å². The van der Waals surface area contributed by atoms with Crippen molar-refractivity contribution in [3.8, 4) is 5.75 Å². The SMILES string of the molecule is Cc1ccc(N(CC(=O)N/N=C\c2ccc(OCC(=O)NC(C)C)cc2)S(=O)(=O)c2ccc(Cl)cc2)cc1C. The summed E-state index contributed by atoms with van der Waals surface area (Å²) in [5.74, 6) is -0.337. The van der Waals surface area contributed by atoms with Gasteiger partial charge in [-0.3, -0.25) is 13.9 Å². The lowest BCUT2D eigenvalue weighted by Crippen LogP contribution is -2.39. The molecule has 0 bridgehead atoms. The number of halogens is 1. The Labute approximate surface area is 233 Å². The van der Waals surface area contributed by atoms with Gasteiger partial charge in [-0.2, -0.15) is 5.10 Å². The third kappa shape index (κ3) is 8.56. The molecule has 11 heteroatoms. The van der Waals surface area contributed by atoms with Crippen molar-refractivity contribution in [2.45, 2.75) is 38.6 Å². The summed E-state index contributed by atoms with van der Waals surface area (Å²) in [4.78, 5) is 24.5. The molecule has 39 heavy (non-hydrogen) atoms. The lowest BCUT2D eigenvalue weighted by Gasteiger charge is -2.24. The number of hydrogen-bond donors (Lipinski definition) is 2. The highest BCUT2D eigenvalue weighted by molar-refractivity contribution is 7.92. The lowest BCUT2D eigenvalue weighted by atomic mass is 10.1. The minimum Gasteiger partial charge on any atom is -0.484 e. The number of sulfonamides is 1. The van der Waals surface area contributed by atoms with E-state index >= 15 is 0 Å². The number of hydrazone groups is 1. The van der Waals surface area contributed by atoms with E-state index in [0.717, 1.165) is 15.4 Å². The Hall–Kier alpha value is -3.89. The second-order valence-electron chi connectivity index (χ2n) is 9.11. The van der Waals surface area contributed by atoms with Crippen LogP contribution in [0, 0.1) is 13.8 Å². The smallest absolute Gasteiger partial charge is 0.264 e. The second kappa shape index (κ2) is 13.3. The molecule has 0 saturated carbocycles. The number of nitrogens with one attached hydrogen (secondary N) is 2. The summed E-state index contributed by atoms with van der Waals surface area (Å²) in [5.41, 5.74) is 5.27. The Balaban J connectivity index is 1.69. The predicted molar refractivity (Wildman–Crippen MR) is 153 cm³/mol. The maximum absolute atomic E-state index is 13.5. The van der Waals surface area contributed by atoms with Crippen LogP contribution in [0.1, 0.15) is 30.5 Å². The van der Waals surface area contributed by atoms with Gasteiger partial charge in [0.2, 0.25) is 0 Å². The molecule has 0 spiro atoms. The number of hydrogen-bond acceptors (Lipinski definition) is 6. The highest BCUT2D eigenvalue weighted by Crippen LogP contribution is 2.26. The summed E-state index contributed by atoms with van der Waals surface area (Å²) >= 11 is 5.93. The van der Waals surface area contributed by atoms with Gasteiger partial charge in [-0.15, -0.1) is 0 Å². The van der Waals surface area contributed by atoms with Gasteiger partial charge in [0.25, 0.3) is 21.8 Å². The first kappa shape index (κ1) is 29.7. The maximum atomic E-state index is 13.5. The maximum Gasteiger partial charge on any atom is 0.264 e. The molecule has 3 rings (SSSR count). The van der Waals surface area contributed by atoms with Gasteiger partial charge in [-0.05, 0) is 105 Å². The Morgan fingerprint density at radius 1 is 0.974 bits per heavy atom. The molecule has 3 aromatic rings. The fourth-order valence-electron chi connectivity index (χ4n) is 3.44. The lowest BCUT2D eigenvalue weighted by molar-refractivity contribution is -0.123. The number of carbonyl (C=O) groups excluding carboxylic acids is 2. The van der Waals surface area contributed by atoms with Gasteiger partial charge in [0.15, 0.2) is 6.61 Å². The summed E-state index contributed by atoms with van der Waals surface area (Å²) in [5, 5.41) is 7.09. The third-order valence-electron chi connectivity index (χ3n) is 5.57. The summed E-state index contributed by atoms with van der Waals surface area (Å²) in [6.45, 7) is 6.93. The van der Waals surface area contributed by atoms with E-state index in [0.29, 0.717) is 22.0 Å². The first-order chi connectivity index (χ1) is 18.5. The highest BCUT2D eigenvalue weighted by atomic mass is 35.5. The van der Waals surface area contributed by atoms with E-state index in [1.165, 1.54) is 30.5 Å². The van der Waals surface area contributed by atoms with E-state index in [1.54, 1.807) is 42.5 Å². The highest BCUT2D eigenvalue weighted by Gasteiger charge is 2.27. The van der Waals surface area contributed by atoms with Crippen LogP contribution in [-0.4, -0.2) is 45.6 Å². The number of aryl methyl sites for hydroxylation is 2. The number of carbonyl (C=O) groups is 2. The van der Waals surface area contributed by atoms with Gasteiger partial charge in [0, 0.05) is 11.1 Å². The van der Waals surface area contributed by atoms with Gasteiger partial charge < -0.3 is 10.1 Å². The number of nitrogens with zero attached hydrogens (tertiary/aromatic N) is 2. The van der Waals surface area contributed by atoms with Gasteiger partial charge >= 0.3 is 0 Å². The molecule has 206 valence electrons. The van der Waals surface area contributed by atoms with E-state index in [1.807, 2.05) is 27.7 Å². The molecule has 2 amide bonds. The zero-order valence-electron chi connectivity index (χ0n) is 22.1. The molecular formula is C28H31ClN4O5S. The summed E-state index contributed by atoms with van der Waals surface area (Å²) in [6, 6.07) is 17.7. The summed E-state index contributed by atoms with van der Waals surface area (Å²) in [6.07, 6.45) is 1.42. The molecule has 0 aliphatic carbocycles. The molecule has 0 unspecified atom stereocenters. The Kier molecular flexibility index (Phi) is 10.1. The van der Waals surface area contributed by atoms with Crippen LogP contribution in [0.5, 0.6) is 5.75 Å². The normalized spacial score (nSPS) is 11.4. The van der Waals surface area contributed by atoms with E-state index in [4.69, 9.17) is 16.3 Å². The quantitative estimate of drug-likeness (QED) is 0.265. The van der Waals surface area contributed by atoms with Gasteiger partial charge in [0.1, 0.15) is 12.3 Å². The van der Waals surface area contributed by atoms with E-state index in [9.17, 15) is 18.0 Å². The fraction of sp³-hybridized carbons (Fsp3) is 0.250. The van der Waals surface area contributed by atoms with Crippen molar-refractivity contribution in [1.29, 1.82) is 0 Å². The number of rotatable bonds is 11. The Bertz CT molecular complexity index is 1440. The van der Waals surface area contributed by atoms with Crippen LogP contribution in [0.15, 0.2) is 76.7 Å². The van der Waals surface area contributed by atoms with Crippen LogP contribution in [0.4, 0.5) is 5.69 Å². The minimum absolute atomic E-state index is 0.00502. The molecule has 0 atom stereocenters. The first-order valence-corrected chi connectivity index (χ1v) is 14.0. The van der Waals surface area contributed by atoms with Crippen molar-refractivity contribution >= 4 is 45.3 Å². The average Bonchev–Trinajstić information content (AvgIpc) is 2.88. The topological polar surface area (TPSA) is 117 Å². The molecule has 0 aromatic heterocycles. The molecule has 0 radical (unpaired) electrons. The number of amides is 2. The number of ether oxygens (including phenoxy) is 1. The van der Waals surface area contributed by atoms with Crippen LogP contribution >= 0.6 is 11.6 Å². The fourth-order valence-corrected chi connectivity index (χ4v) is 4.98. The van der Waals surface area contributed by atoms with Gasteiger partial charge in [-0.25, -0.2) is 13.8 Å². The minimum atomic E-state index is -4.08. The van der Waals surface area contributed by atoms with E-state index in [2.05, 4.69) is 15.8 Å². The van der Waals surface area contributed by atoms with Crippen LogP contribution < -0.4 is 19.8 Å². The van der Waals surface area contributed by atoms with Crippen molar-refractivity contribution in [2.75, 3.05) is 17.5 Å². The molecule has 9 nitrogen and oxygen atoms in total. The largest absolute Gasteiger partial charge is 0.484 e. The summed E-state index contributed by atoms with van der Waals surface area (Å²) in [7, 11) is -4.08. The van der Waals surface area contributed by atoms with Crippen LogP contribution in [0.3, 0.4) is 0 Å². The van der Waals surface area contributed by atoms with Crippen molar-refractivity contribution in [2.24, 2.45) is 5.10 Å². The zero-order chi connectivity index (χ0) is 28.6. The standard InChI is InChI=1S/C28H31ClN4O5S/c1-19(2)31-28(35)18-38-25-11-6-22(7-12-25)16-30-32-27(34)17-33(24-10-5-20(3)21(4)15-24)39(36,37)26-13-8-23(29)9-14-26/h5-16,19H,17-18H2,1-4H3,(H,31,35)(H,32,34)/b30-16-. The molecule has 0 heterocycles. The average molecular weight is 571 g/mol. The zero-order valence-corrected chi connectivity index (χ0v) is 23.7. The Morgan fingerprint density at radius 3 is 2.26 bits per heavy atom. The van der Waals surface area contributed by atoms with Gasteiger partial charge in [0.05, 0.1) is 16.8 Å².